The summed E-state index contributed by atoms with van der Waals surface area (Å²) >= 11 is 17.8. The molecule has 0 aliphatic heterocycles. The van der Waals surface area contributed by atoms with Gasteiger partial charge in [-0.25, -0.2) is 0 Å². The summed E-state index contributed by atoms with van der Waals surface area (Å²) in [6.07, 6.45) is 0. The third kappa shape index (κ3) is 3.29. The van der Waals surface area contributed by atoms with Crippen molar-refractivity contribution in [3.05, 3.63) is 63.1 Å². The Hall–Kier alpha value is -0.890. The van der Waals surface area contributed by atoms with Gasteiger partial charge in [0, 0.05) is 17.3 Å². The van der Waals surface area contributed by atoms with E-state index in [0.29, 0.717) is 16.6 Å². The molecule has 0 aromatic heterocycles. The van der Waals surface area contributed by atoms with E-state index in [0.717, 1.165) is 16.3 Å². The molecule has 0 spiro atoms. The van der Waals surface area contributed by atoms with Crippen molar-refractivity contribution in [2.45, 2.75) is 6.54 Å². The van der Waals surface area contributed by atoms with E-state index in [1.165, 1.54) is 0 Å². The normalized spacial score (nSPS) is 10.3. The first-order valence-corrected chi connectivity index (χ1v) is 6.22. The lowest BCUT2D eigenvalue weighted by molar-refractivity contribution is 1.15. The molecule has 2 aromatic rings. The van der Waals surface area contributed by atoms with E-state index in [1.54, 1.807) is 12.1 Å². The van der Waals surface area contributed by atoms with E-state index in [4.69, 9.17) is 34.8 Å². The Morgan fingerprint density at radius 3 is 2.29 bits per heavy atom. The number of halogens is 3. The molecule has 4 heteroatoms. The zero-order valence-electron chi connectivity index (χ0n) is 8.88. The highest BCUT2D eigenvalue weighted by atomic mass is 35.5. The van der Waals surface area contributed by atoms with Crippen LogP contribution < -0.4 is 5.32 Å². The minimum absolute atomic E-state index is 0.538. The fraction of sp³-hybridized carbons (Fsp3) is 0.0769. The van der Waals surface area contributed by atoms with Crippen LogP contribution in [-0.4, -0.2) is 0 Å². The molecule has 0 aliphatic carbocycles. The van der Waals surface area contributed by atoms with Crippen molar-refractivity contribution in [2.75, 3.05) is 5.32 Å². The zero-order valence-corrected chi connectivity index (χ0v) is 11.2. The second-order valence-corrected chi connectivity index (χ2v) is 4.80. The molecule has 2 aromatic carbocycles. The van der Waals surface area contributed by atoms with Gasteiger partial charge in [0.25, 0.3) is 0 Å². The van der Waals surface area contributed by atoms with Crippen LogP contribution in [0.4, 0.5) is 5.69 Å². The Morgan fingerprint density at radius 1 is 0.824 bits per heavy atom. The van der Waals surface area contributed by atoms with Gasteiger partial charge >= 0.3 is 0 Å². The predicted molar refractivity (Wildman–Crippen MR) is 75.2 cm³/mol. The summed E-state index contributed by atoms with van der Waals surface area (Å²) in [4.78, 5) is 0. The van der Waals surface area contributed by atoms with Crippen LogP contribution in [0.1, 0.15) is 5.56 Å². The first kappa shape index (κ1) is 12.6. The predicted octanol–water partition coefficient (Wildman–Crippen LogP) is 5.26. The minimum atomic E-state index is 0.538. The quantitative estimate of drug-likeness (QED) is 0.811. The van der Waals surface area contributed by atoms with Crippen molar-refractivity contribution in [3.8, 4) is 0 Å². The van der Waals surface area contributed by atoms with E-state index < -0.39 is 0 Å². The highest BCUT2D eigenvalue weighted by Gasteiger charge is 2.01. The van der Waals surface area contributed by atoms with E-state index in [9.17, 15) is 0 Å². The third-order valence-corrected chi connectivity index (χ3v) is 3.47. The van der Waals surface area contributed by atoms with Gasteiger partial charge in [0.05, 0.1) is 10.0 Å². The zero-order chi connectivity index (χ0) is 12.3. The molecular formula is C13H10Cl3N. The standard InChI is InChI=1S/C13H10Cl3N/c14-11-4-2-1-3-9(11)8-17-10-5-6-12(15)13(16)7-10/h1-7,17H,8H2. The Labute approximate surface area is 115 Å². The molecule has 0 aliphatic rings. The summed E-state index contributed by atoms with van der Waals surface area (Å²) in [5, 5.41) is 5.08. The minimum Gasteiger partial charge on any atom is -0.381 e. The average molecular weight is 287 g/mol. The summed E-state index contributed by atoms with van der Waals surface area (Å²) in [5.41, 5.74) is 1.96. The second kappa shape index (κ2) is 5.63. The van der Waals surface area contributed by atoms with Crippen LogP contribution in [0.3, 0.4) is 0 Å². The van der Waals surface area contributed by atoms with Crippen molar-refractivity contribution in [1.29, 1.82) is 0 Å². The number of benzene rings is 2. The highest BCUT2D eigenvalue weighted by Crippen LogP contribution is 2.25. The second-order valence-electron chi connectivity index (χ2n) is 3.57. The summed E-state index contributed by atoms with van der Waals surface area (Å²) < 4.78 is 0. The van der Waals surface area contributed by atoms with E-state index in [-0.39, 0.29) is 0 Å². The lowest BCUT2D eigenvalue weighted by atomic mass is 10.2. The van der Waals surface area contributed by atoms with Crippen molar-refractivity contribution in [2.24, 2.45) is 0 Å². The van der Waals surface area contributed by atoms with Gasteiger partial charge in [-0.15, -0.1) is 0 Å². The number of hydrogen-bond donors (Lipinski definition) is 1. The molecule has 0 unspecified atom stereocenters. The maximum Gasteiger partial charge on any atom is 0.0612 e. The van der Waals surface area contributed by atoms with Crippen LogP contribution in [0.25, 0.3) is 0 Å². The monoisotopic (exact) mass is 285 g/mol. The topological polar surface area (TPSA) is 12.0 Å². The summed E-state index contributed by atoms with van der Waals surface area (Å²) in [6, 6.07) is 13.1. The molecule has 0 bridgehead atoms. The molecule has 1 N–H and O–H groups in total. The molecule has 2 rings (SSSR count). The van der Waals surface area contributed by atoms with Gasteiger partial charge in [-0.1, -0.05) is 53.0 Å². The maximum atomic E-state index is 6.06. The SMILES string of the molecule is Clc1ccc(NCc2ccccc2Cl)cc1Cl. The first-order chi connectivity index (χ1) is 8.16. The molecule has 0 saturated heterocycles. The molecule has 0 fully saturated rings. The summed E-state index contributed by atoms with van der Waals surface area (Å²) in [7, 11) is 0. The van der Waals surface area contributed by atoms with Crippen LogP contribution in [0, 0.1) is 0 Å². The van der Waals surface area contributed by atoms with Crippen molar-refractivity contribution in [1.82, 2.24) is 0 Å². The molecule has 0 saturated carbocycles. The van der Waals surface area contributed by atoms with Gasteiger partial charge in [-0.2, -0.15) is 0 Å². The Morgan fingerprint density at radius 2 is 1.59 bits per heavy atom. The maximum absolute atomic E-state index is 6.06. The smallest absolute Gasteiger partial charge is 0.0612 e. The van der Waals surface area contributed by atoms with Gasteiger partial charge in [0.2, 0.25) is 0 Å². The van der Waals surface area contributed by atoms with Crippen molar-refractivity contribution < 1.29 is 0 Å². The highest BCUT2D eigenvalue weighted by molar-refractivity contribution is 6.42. The van der Waals surface area contributed by atoms with Crippen LogP contribution in [0.15, 0.2) is 42.5 Å². The molecule has 1 nitrogen and oxygen atoms in total. The molecule has 88 valence electrons. The number of anilines is 1. The van der Waals surface area contributed by atoms with Crippen molar-refractivity contribution >= 4 is 40.5 Å². The first-order valence-electron chi connectivity index (χ1n) is 5.09. The van der Waals surface area contributed by atoms with Gasteiger partial charge in [0.15, 0.2) is 0 Å². The molecule has 0 heterocycles. The van der Waals surface area contributed by atoms with Crippen molar-refractivity contribution in [3.63, 3.8) is 0 Å². The van der Waals surface area contributed by atoms with Gasteiger partial charge in [-0.3, -0.25) is 0 Å². The number of hydrogen-bond acceptors (Lipinski definition) is 1. The molecule has 17 heavy (non-hydrogen) atoms. The fourth-order valence-electron chi connectivity index (χ4n) is 1.45. The Kier molecular flexibility index (Phi) is 4.16. The van der Waals surface area contributed by atoms with E-state index in [2.05, 4.69) is 5.32 Å². The molecule has 0 radical (unpaired) electrons. The van der Waals surface area contributed by atoms with Crippen LogP contribution in [0.5, 0.6) is 0 Å². The van der Waals surface area contributed by atoms with Gasteiger partial charge in [-0.05, 0) is 29.8 Å². The number of rotatable bonds is 3. The molecular weight excluding hydrogens is 277 g/mol. The summed E-state index contributed by atoms with van der Waals surface area (Å²) in [5.74, 6) is 0. The van der Waals surface area contributed by atoms with Crippen LogP contribution in [-0.2, 0) is 6.54 Å². The van der Waals surface area contributed by atoms with Crippen LogP contribution >= 0.6 is 34.8 Å². The number of nitrogens with one attached hydrogen (secondary N) is 1. The van der Waals surface area contributed by atoms with Gasteiger partial charge in [0.1, 0.15) is 0 Å². The molecule has 0 atom stereocenters. The van der Waals surface area contributed by atoms with Crippen LogP contribution in [0.2, 0.25) is 15.1 Å². The fourth-order valence-corrected chi connectivity index (χ4v) is 1.95. The molecule has 0 amide bonds. The van der Waals surface area contributed by atoms with E-state index >= 15 is 0 Å². The van der Waals surface area contributed by atoms with E-state index in [1.807, 2.05) is 30.3 Å². The van der Waals surface area contributed by atoms with Gasteiger partial charge < -0.3 is 5.32 Å². The Bertz CT molecular complexity index is 526. The third-order valence-electron chi connectivity index (χ3n) is 2.36. The average Bonchev–Trinajstić information content (AvgIpc) is 2.32. The lowest BCUT2D eigenvalue weighted by Gasteiger charge is -2.08. The largest absolute Gasteiger partial charge is 0.381 e. The summed E-state index contributed by atoms with van der Waals surface area (Å²) in [6.45, 7) is 0.650. The lowest BCUT2D eigenvalue weighted by Crippen LogP contribution is -1.99. The Balaban J connectivity index is 2.08.